The zero-order valence-corrected chi connectivity index (χ0v) is 7.74. The predicted molar refractivity (Wildman–Crippen MR) is 55.3 cm³/mol. The van der Waals surface area contributed by atoms with Crippen LogP contribution in [0, 0.1) is 11.8 Å². The van der Waals surface area contributed by atoms with Crippen molar-refractivity contribution in [3.05, 3.63) is 47.6 Å². The molecule has 13 heavy (non-hydrogen) atoms. The average molecular weight is 170 g/mol. The molecule has 0 saturated carbocycles. The Balaban J connectivity index is 2.02. The molecule has 0 aromatic carbocycles. The van der Waals surface area contributed by atoms with E-state index in [1.54, 1.807) is 11.1 Å². The highest BCUT2D eigenvalue weighted by atomic mass is 14.4. The molecule has 0 heteroatoms. The molecule has 0 aromatic rings. The summed E-state index contributed by atoms with van der Waals surface area (Å²) in [7, 11) is 0. The lowest BCUT2D eigenvalue weighted by Crippen LogP contribution is -1.97. The number of rotatable bonds is 0. The fraction of sp³-hybridized carbons (Fsp3) is 0.385. The van der Waals surface area contributed by atoms with E-state index in [-0.39, 0.29) is 0 Å². The Labute approximate surface area is 79.3 Å². The summed E-state index contributed by atoms with van der Waals surface area (Å²) in [5.74, 6) is 1.54. The van der Waals surface area contributed by atoms with E-state index in [9.17, 15) is 0 Å². The normalized spacial score (nSPS) is 37.5. The van der Waals surface area contributed by atoms with Gasteiger partial charge in [0.1, 0.15) is 0 Å². The van der Waals surface area contributed by atoms with Crippen LogP contribution in [-0.2, 0) is 0 Å². The van der Waals surface area contributed by atoms with Crippen LogP contribution < -0.4 is 0 Å². The van der Waals surface area contributed by atoms with E-state index in [0.717, 1.165) is 11.8 Å². The molecule has 0 N–H and O–H groups in total. The summed E-state index contributed by atoms with van der Waals surface area (Å²) >= 11 is 0. The second kappa shape index (κ2) is 2.73. The van der Waals surface area contributed by atoms with Crippen LogP contribution in [0.15, 0.2) is 47.6 Å². The van der Waals surface area contributed by atoms with Gasteiger partial charge in [0.15, 0.2) is 0 Å². The Morgan fingerprint density at radius 1 is 1.08 bits per heavy atom. The van der Waals surface area contributed by atoms with Gasteiger partial charge in [-0.2, -0.15) is 0 Å². The number of fused-ring (bicyclic) bond motifs is 4. The molecule has 0 heterocycles. The Hall–Kier alpha value is -1.04. The maximum atomic E-state index is 2.41. The van der Waals surface area contributed by atoms with Crippen LogP contribution in [-0.4, -0.2) is 0 Å². The van der Waals surface area contributed by atoms with Gasteiger partial charge in [-0.15, -0.1) is 0 Å². The number of hydrogen-bond acceptors (Lipinski definition) is 0. The van der Waals surface area contributed by atoms with Crippen LogP contribution in [0.25, 0.3) is 0 Å². The first-order valence-electron chi connectivity index (χ1n) is 5.19. The third-order valence-electron chi connectivity index (χ3n) is 3.40. The highest BCUT2D eigenvalue weighted by molar-refractivity contribution is 5.44. The van der Waals surface area contributed by atoms with Crippen molar-refractivity contribution < 1.29 is 0 Å². The monoisotopic (exact) mass is 170 g/mol. The highest BCUT2D eigenvalue weighted by Crippen LogP contribution is 2.46. The molecule has 2 atom stereocenters. The molecule has 0 nitrogen and oxygen atoms in total. The summed E-state index contributed by atoms with van der Waals surface area (Å²) < 4.78 is 0. The topological polar surface area (TPSA) is 0 Å². The Morgan fingerprint density at radius 2 is 2.00 bits per heavy atom. The molecule has 0 fully saturated rings. The SMILES string of the molecule is C1=CC2=C(CC/C=C\1)C1C=CC2C1. The molecule has 3 aliphatic carbocycles. The van der Waals surface area contributed by atoms with Crippen molar-refractivity contribution in [2.24, 2.45) is 11.8 Å². The highest BCUT2D eigenvalue weighted by Gasteiger charge is 2.32. The van der Waals surface area contributed by atoms with Crippen molar-refractivity contribution in [2.45, 2.75) is 19.3 Å². The zero-order chi connectivity index (χ0) is 8.67. The van der Waals surface area contributed by atoms with E-state index in [1.165, 1.54) is 19.3 Å². The molecule has 2 unspecified atom stereocenters. The zero-order valence-electron chi connectivity index (χ0n) is 7.74. The average Bonchev–Trinajstić information content (AvgIpc) is 2.62. The minimum Gasteiger partial charge on any atom is -0.0842 e. The van der Waals surface area contributed by atoms with Crippen LogP contribution in [0.1, 0.15) is 19.3 Å². The summed E-state index contributed by atoms with van der Waals surface area (Å²) in [4.78, 5) is 0. The summed E-state index contributed by atoms with van der Waals surface area (Å²) in [5.41, 5.74) is 3.34. The van der Waals surface area contributed by atoms with Crippen LogP contribution in [0.2, 0.25) is 0 Å². The first-order chi connectivity index (χ1) is 6.45. The lowest BCUT2D eigenvalue weighted by Gasteiger charge is -2.13. The molecule has 3 aliphatic rings. The van der Waals surface area contributed by atoms with E-state index in [1.807, 2.05) is 0 Å². The van der Waals surface area contributed by atoms with Crippen molar-refractivity contribution in [3.8, 4) is 0 Å². The molecular formula is C13H14. The second-order valence-corrected chi connectivity index (χ2v) is 4.14. The molecule has 0 spiro atoms. The number of allylic oxidation sites excluding steroid dienone is 8. The summed E-state index contributed by atoms with van der Waals surface area (Å²) in [6, 6.07) is 0. The lowest BCUT2D eigenvalue weighted by molar-refractivity contribution is 0.691. The molecule has 0 aliphatic heterocycles. The van der Waals surface area contributed by atoms with Gasteiger partial charge in [0.25, 0.3) is 0 Å². The van der Waals surface area contributed by atoms with Gasteiger partial charge < -0.3 is 0 Å². The number of hydrogen-bond donors (Lipinski definition) is 0. The van der Waals surface area contributed by atoms with Gasteiger partial charge in [0.05, 0.1) is 0 Å². The Kier molecular flexibility index (Phi) is 1.55. The van der Waals surface area contributed by atoms with E-state index in [4.69, 9.17) is 0 Å². The molecule has 66 valence electrons. The summed E-state index contributed by atoms with van der Waals surface area (Å²) in [5, 5.41) is 0. The maximum absolute atomic E-state index is 2.41. The van der Waals surface area contributed by atoms with E-state index in [2.05, 4.69) is 36.5 Å². The first kappa shape index (κ1) is 7.37. The lowest BCUT2D eigenvalue weighted by atomic mass is 9.92. The van der Waals surface area contributed by atoms with Gasteiger partial charge in [-0.3, -0.25) is 0 Å². The van der Waals surface area contributed by atoms with Crippen molar-refractivity contribution in [2.75, 3.05) is 0 Å². The smallest absolute Gasteiger partial charge is 0.00266 e. The first-order valence-corrected chi connectivity index (χ1v) is 5.19. The molecule has 2 bridgehead atoms. The van der Waals surface area contributed by atoms with Crippen molar-refractivity contribution in [3.63, 3.8) is 0 Å². The van der Waals surface area contributed by atoms with Crippen LogP contribution in [0.5, 0.6) is 0 Å². The van der Waals surface area contributed by atoms with Gasteiger partial charge in [-0.05, 0) is 30.8 Å². The van der Waals surface area contributed by atoms with E-state index >= 15 is 0 Å². The summed E-state index contributed by atoms with van der Waals surface area (Å²) in [6.45, 7) is 0. The van der Waals surface area contributed by atoms with E-state index < -0.39 is 0 Å². The summed E-state index contributed by atoms with van der Waals surface area (Å²) in [6.07, 6.45) is 17.6. The molecular weight excluding hydrogens is 156 g/mol. The van der Waals surface area contributed by atoms with Crippen molar-refractivity contribution in [1.82, 2.24) is 0 Å². The molecule has 0 radical (unpaired) electrons. The fourth-order valence-electron chi connectivity index (χ4n) is 2.77. The fourth-order valence-corrected chi connectivity index (χ4v) is 2.77. The Bertz CT molecular complexity index is 339. The third-order valence-corrected chi connectivity index (χ3v) is 3.40. The minimum absolute atomic E-state index is 0.753. The van der Waals surface area contributed by atoms with Gasteiger partial charge in [-0.1, -0.05) is 42.0 Å². The molecule has 0 aromatic heterocycles. The molecule has 0 saturated heterocycles. The third kappa shape index (κ3) is 1.05. The van der Waals surface area contributed by atoms with Crippen molar-refractivity contribution in [1.29, 1.82) is 0 Å². The van der Waals surface area contributed by atoms with E-state index in [0.29, 0.717) is 0 Å². The quantitative estimate of drug-likeness (QED) is 0.489. The van der Waals surface area contributed by atoms with Gasteiger partial charge in [0.2, 0.25) is 0 Å². The van der Waals surface area contributed by atoms with Crippen LogP contribution >= 0.6 is 0 Å². The molecule has 3 rings (SSSR count). The van der Waals surface area contributed by atoms with Gasteiger partial charge >= 0.3 is 0 Å². The van der Waals surface area contributed by atoms with Gasteiger partial charge in [0, 0.05) is 5.92 Å². The molecule has 0 amide bonds. The van der Waals surface area contributed by atoms with Crippen LogP contribution in [0.3, 0.4) is 0 Å². The maximum Gasteiger partial charge on any atom is 0.00266 e. The van der Waals surface area contributed by atoms with Crippen LogP contribution in [0.4, 0.5) is 0 Å². The minimum atomic E-state index is 0.753. The standard InChI is InChI=1S/C13H14/c1-2-4-6-13-11-8-7-10(9-11)12(13)5-3-1/h1-3,5,7-8,10-11H,4,6,9H2/b2-1-,5-3?. The van der Waals surface area contributed by atoms with Crippen molar-refractivity contribution >= 4 is 0 Å². The predicted octanol–water partition coefficient (Wildman–Crippen LogP) is 3.40. The Morgan fingerprint density at radius 3 is 3.00 bits per heavy atom. The largest absolute Gasteiger partial charge is 0.0842 e. The van der Waals surface area contributed by atoms with Gasteiger partial charge in [-0.25, -0.2) is 0 Å². The second-order valence-electron chi connectivity index (χ2n) is 4.14.